The lowest BCUT2D eigenvalue weighted by Gasteiger charge is -2.31. The number of benzene rings is 1. The number of urea groups is 1. The van der Waals surface area contributed by atoms with Crippen molar-refractivity contribution in [3.63, 3.8) is 0 Å². The summed E-state index contributed by atoms with van der Waals surface area (Å²) >= 11 is 1.43. The van der Waals surface area contributed by atoms with E-state index < -0.39 is 17.5 Å². The molecule has 4 rings (SSSR count). The van der Waals surface area contributed by atoms with Gasteiger partial charge in [0.25, 0.3) is 5.91 Å². The van der Waals surface area contributed by atoms with Gasteiger partial charge in [0.15, 0.2) is 0 Å². The molecule has 1 fully saturated rings. The van der Waals surface area contributed by atoms with Crippen molar-refractivity contribution in [1.29, 1.82) is 0 Å². The van der Waals surface area contributed by atoms with E-state index in [1.165, 1.54) is 35.8 Å². The third-order valence-corrected chi connectivity index (χ3v) is 7.46. The van der Waals surface area contributed by atoms with Crippen molar-refractivity contribution in [2.75, 3.05) is 19.6 Å². The second-order valence-electron chi connectivity index (χ2n) is 8.84. The maximum Gasteiger partial charge on any atom is 0.317 e. The van der Waals surface area contributed by atoms with Crippen LogP contribution in [0.2, 0.25) is 0 Å². The topological polar surface area (TPSA) is 74.3 Å². The molecule has 0 bridgehead atoms. The van der Waals surface area contributed by atoms with Crippen molar-refractivity contribution in [1.82, 2.24) is 20.5 Å². The van der Waals surface area contributed by atoms with Gasteiger partial charge in [-0.1, -0.05) is 17.7 Å². The fourth-order valence-corrected chi connectivity index (χ4v) is 5.38. The van der Waals surface area contributed by atoms with Gasteiger partial charge >= 0.3 is 6.03 Å². The maximum absolute atomic E-state index is 13.8. The summed E-state index contributed by atoms with van der Waals surface area (Å²) in [6, 6.07) is 3.26. The molecule has 2 aliphatic rings. The number of piperidine rings is 1. The molecule has 0 saturated carbocycles. The monoisotopic (exact) mass is 488 g/mol. The Labute approximate surface area is 202 Å². The highest BCUT2D eigenvalue weighted by atomic mass is 32.1. The van der Waals surface area contributed by atoms with E-state index in [0.717, 1.165) is 49.2 Å². The average Bonchev–Trinajstić information content (AvgIpc) is 3.35. The predicted octanol–water partition coefficient (Wildman–Crippen LogP) is 5.13. The van der Waals surface area contributed by atoms with Gasteiger partial charge < -0.3 is 15.5 Å². The highest BCUT2D eigenvalue weighted by Crippen LogP contribution is 2.30. The van der Waals surface area contributed by atoms with Gasteiger partial charge in [0.2, 0.25) is 0 Å². The molecule has 34 heavy (non-hydrogen) atoms. The number of thiazole rings is 1. The van der Waals surface area contributed by atoms with Crippen molar-refractivity contribution < 1.29 is 18.4 Å². The molecule has 2 aromatic rings. The van der Waals surface area contributed by atoms with E-state index >= 15 is 0 Å². The van der Waals surface area contributed by atoms with Crippen LogP contribution >= 0.6 is 11.3 Å². The summed E-state index contributed by atoms with van der Waals surface area (Å²) in [5, 5.41) is 8.25. The van der Waals surface area contributed by atoms with Crippen molar-refractivity contribution >= 4 is 23.3 Å². The normalized spacial score (nSPS) is 16.8. The summed E-state index contributed by atoms with van der Waals surface area (Å²) in [5.74, 6) is -1.54. The number of aromatic nitrogens is 1. The van der Waals surface area contributed by atoms with Crippen LogP contribution in [0.5, 0.6) is 0 Å². The van der Waals surface area contributed by atoms with Gasteiger partial charge in [-0.2, -0.15) is 0 Å². The van der Waals surface area contributed by atoms with E-state index in [4.69, 9.17) is 0 Å². The van der Waals surface area contributed by atoms with Crippen molar-refractivity contribution in [2.24, 2.45) is 0 Å². The molecule has 0 atom stereocenters. The van der Waals surface area contributed by atoms with E-state index in [1.54, 1.807) is 5.38 Å². The van der Waals surface area contributed by atoms with Crippen LogP contribution in [0.15, 0.2) is 35.2 Å². The zero-order valence-corrected chi connectivity index (χ0v) is 19.9. The number of halogens is 2. The zero-order valence-electron chi connectivity index (χ0n) is 19.1. The lowest BCUT2D eigenvalue weighted by molar-refractivity contribution is 0.0946. The minimum absolute atomic E-state index is 0.0120. The first-order valence-electron chi connectivity index (χ1n) is 11.9. The molecule has 0 unspecified atom stereocenters. The lowest BCUT2D eigenvalue weighted by Crippen LogP contribution is -2.44. The van der Waals surface area contributed by atoms with E-state index in [1.807, 2.05) is 4.90 Å². The standard InChI is InChI=1S/C25H30F2N4O2S/c26-20-7-6-19(21(27)14-20)15-29-23(32)22-16-34-24(30-22)18-9-12-31(13-10-18)25(33)28-11-8-17-4-2-1-3-5-17/h4,6-7,14,16,18H,1-3,5,8-13,15H2,(H,28,33)(H,29,32). The summed E-state index contributed by atoms with van der Waals surface area (Å²) < 4.78 is 26.8. The van der Waals surface area contributed by atoms with Gasteiger partial charge in [0.1, 0.15) is 17.3 Å². The first-order valence-corrected chi connectivity index (χ1v) is 12.8. The first kappa shape index (κ1) is 24.3. The third kappa shape index (κ3) is 6.40. The number of rotatable bonds is 7. The van der Waals surface area contributed by atoms with Gasteiger partial charge in [-0.15, -0.1) is 11.3 Å². The predicted molar refractivity (Wildman–Crippen MR) is 128 cm³/mol. The van der Waals surface area contributed by atoms with Gasteiger partial charge in [-0.25, -0.2) is 18.6 Å². The van der Waals surface area contributed by atoms with Gasteiger partial charge in [0, 0.05) is 49.1 Å². The Balaban J connectivity index is 1.21. The number of nitrogens with zero attached hydrogens (tertiary/aromatic N) is 2. The molecule has 0 radical (unpaired) electrons. The molecular weight excluding hydrogens is 458 g/mol. The SMILES string of the molecule is O=C(NCc1ccc(F)cc1F)c1csc(C2CCN(C(=O)NCCC3=CCCCC3)CC2)n1. The molecular formula is C25H30F2N4O2S. The van der Waals surface area contributed by atoms with Gasteiger partial charge in [-0.05, 0) is 51.0 Å². The van der Waals surface area contributed by atoms with E-state index in [9.17, 15) is 18.4 Å². The molecule has 3 amide bonds. The molecule has 1 aliphatic carbocycles. The second kappa shape index (κ2) is 11.6. The van der Waals surface area contributed by atoms with Crippen LogP contribution in [0.25, 0.3) is 0 Å². The second-order valence-corrected chi connectivity index (χ2v) is 9.73. The van der Waals surface area contributed by atoms with Gasteiger partial charge in [0.05, 0.1) is 5.01 Å². The maximum atomic E-state index is 13.8. The van der Waals surface area contributed by atoms with Crippen LogP contribution in [0.4, 0.5) is 13.6 Å². The van der Waals surface area contributed by atoms with Crippen LogP contribution in [0.1, 0.15) is 71.9 Å². The van der Waals surface area contributed by atoms with E-state index in [0.29, 0.717) is 25.3 Å². The Morgan fingerprint density at radius 1 is 1.15 bits per heavy atom. The Kier molecular flexibility index (Phi) is 8.26. The van der Waals surface area contributed by atoms with E-state index in [-0.39, 0.29) is 24.1 Å². The molecule has 1 aliphatic heterocycles. The fourth-order valence-electron chi connectivity index (χ4n) is 4.41. The number of hydrogen-bond donors (Lipinski definition) is 2. The number of nitrogens with one attached hydrogen (secondary N) is 2. The van der Waals surface area contributed by atoms with Crippen LogP contribution < -0.4 is 10.6 Å². The summed E-state index contributed by atoms with van der Waals surface area (Å²) in [6.45, 7) is 1.95. The van der Waals surface area contributed by atoms with Crippen LogP contribution in [-0.2, 0) is 6.54 Å². The number of carbonyl (C=O) groups is 2. The molecule has 9 heteroatoms. The summed E-state index contributed by atoms with van der Waals surface area (Å²) in [6.07, 6.45) is 9.67. The average molecular weight is 489 g/mol. The van der Waals surface area contributed by atoms with Crippen LogP contribution in [0, 0.1) is 11.6 Å². The number of allylic oxidation sites excluding steroid dienone is 1. The minimum atomic E-state index is -0.693. The van der Waals surface area contributed by atoms with Crippen molar-refractivity contribution in [3.8, 4) is 0 Å². The molecule has 1 aromatic carbocycles. The summed E-state index contributed by atoms with van der Waals surface area (Å²) in [7, 11) is 0. The van der Waals surface area contributed by atoms with Crippen LogP contribution in [0.3, 0.4) is 0 Å². The number of amides is 3. The van der Waals surface area contributed by atoms with Crippen LogP contribution in [-0.4, -0.2) is 41.5 Å². The minimum Gasteiger partial charge on any atom is -0.346 e. The molecule has 1 aromatic heterocycles. The highest BCUT2D eigenvalue weighted by Gasteiger charge is 2.26. The Morgan fingerprint density at radius 3 is 2.71 bits per heavy atom. The quantitative estimate of drug-likeness (QED) is 0.531. The number of likely N-dealkylation sites (tertiary alicyclic amines) is 1. The molecule has 6 nitrogen and oxygen atoms in total. The smallest absolute Gasteiger partial charge is 0.317 e. The fraction of sp³-hybridized carbons (Fsp3) is 0.480. The molecule has 182 valence electrons. The summed E-state index contributed by atoms with van der Waals surface area (Å²) in [4.78, 5) is 31.2. The Morgan fingerprint density at radius 2 is 1.97 bits per heavy atom. The molecule has 2 heterocycles. The van der Waals surface area contributed by atoms with Gasteiger partial charge in [-0.3, -0.25) is 4.79 Å². The van der Waals surface area contributed by atoms with Crippen molar-refractivity contribution in [2.45, 2.75) is 57.4 Å². The van der Waals surface area contributed by atoms with E-state index in [2.05, 4.69) is 21.7 Å². The molecule has 0 spiro atoms. The largest absolute Gasteiger partial charge is 0.346 e. The van der Waals surface area contributed by atoms with Crippen molar-refractivity contribution in [3.05, 3.63) is 63.1 Å². The molecule has 2 N–H and O–H groups in total. The summed E-state index contributed by atoms with van der Waals surface area (Å²) in [5.41, 5.74) is 1.96. The Bertz CT molecular complexity index is 1050. The number of carbonyl (C=O) groups excluding carboxylic acids is 2. The highest BCUT2D eigenvalue weighted by molar-refractivity contribution is 7.09. The molecule has 1 saturated heterocycles. The first-order chi connectivity index (χ1) is 16.5. The Hall–Kier alpha value is -2.81. The third-order valence-electron chi connectivity index (χ3n) is 6.45. The number of hydrogen-bond acceptors (Lipinski definition) is 4. The lowest BCUT2D eigenvalue weighted by atomic mass is 9.97. The zero-order chi connectivity index (χ0) is 23.9.